The first-order valence-corrected chi connectivity index (χ1v) is 6.41. The maximum Gasteiger partial charge on any atom is 0.123 e. The summed E-state index contributed by atoms with van der Waals surface area (Å²) in [5.74, 6) is 1.75. The smallest absolute Gasteiger partial charge is 0.123 e. The average Bonchev–Trinajstić information content (AvgIpc) is 2.69. The topological polar surface area (TPSA) is 29.9 Å². The van der Waals surface area contributed by atoms with E-state index < -0.39 is 0 Å². The number of piperidine rings is 1. The number of fused-ring (bicyclic) bond motifs is 1. The minimum atomic E-state index is 0.577. The van der Waals surface area contributed by atoms with Crippen molar-refractivity contribution in [3.05, 3.63) is 30.1 Å². The van der Waals surface area contributed by atoms with Crippen molar-refractivity contribution in [1.82, 2.24) is 13.9 Å². The van der Waals surface area contributed by atoms with Crippen molar-refractivity contribution in [3.8, 4) is 0 Å². The van der Waals surface area contributed by atoms with Gasteiger partial charge in [-0.3, -0.25) is 3.59 Å². The van der Waals surface area contributed by atoms with Crippen LogP contribution in [0.15, 0.2) is 24.3 Å². The largest absolute Gasteiger partial charge is 0.317 e. The van der Waals surface area contributed by atoms with E-state index >= 15 is 0 Å². The van der Waals surface area contributed by atoms with Gasteiger partial charge in [-0.15, -0.1) is 0 Å². The molecule has 0 spiro atoms. The Morgan fingerprint density at radius 2 is 2.00 bits per heavy atom. The highest BCUT2D eigenvalue weighted by Crippen LogP contribution is 2.29. The molecule has 0 unspecified atom stereocenters. The number of benzene rings is 1. The van der Waals surface area contributed by atoms with Crippen molar-refractivity contribution in [2.45, 2.75) is 18.8 Å². The fourth-order valence-corrected chi connectivity index (χ4v) is 3.02. The molecule has 1 aliphatic rings. The Morgan fingerprint density at radius 3 is 2.75 bits per heavy atom. The van der Waals surface area contributed by atoms with Crippen molar-refractivity contribution in [2.24, 2.45) is 0 Å². The molecule has 0 aliphatic carbocycles. The summed E-state index contributed by atoms with van der Waals surface area (Å²) in [5, 5.41) is 3.39. The van der Waals surface area contributed by atoms with Gasteiger partial charge >= 0.3 is 0 Å². The van der Waals surface area contributed by atoms with Crippen LogP contribution in [-0.2, 0) is 0 Å². The Labute approximate surface area is 103 Å². The molecule has 1 fully saturated rings. The third-order valence-corrected chi connectivity index (χ3v) is 3.98. The molecule has 0 amide bonds. The van der Waals surface area contributed by atoms with Crippen LogP contribution in [0.5, 0.6) is 0 Å². The Hall–Kier alpha value is -0.870. The fourth-order valence-electron chi connectivity index (χ4n) is 2.35. The Kier molecular flexibility index (Phi) is 2.69. The van der Waals surface area contributed by atoms with Gasteiger partial charge in [0.2, 0.25) is 0 Å². The summed E-state index contributed by atoms with van der Waals surface area (Å²) in [5.41, 5.74) is 2.24. The average molecular weight is 280 g/mol. The molecule has 16 heavy (non-hydrogen) atoms. The van der Waals surface area contributed by atoms with Gasteiger partial charge in [-0.05, 0) is 38.1 Å². The van der Waals surface area contributed by atoms with Gasteiger partial charge in [0.25, 0.3) is 0 Å². The van der Waals surface area contributed by atoms with Gasteiger partial charge in [0.15, 0.2) is 0 Å². The maximum atomic E-state index is 4.72. The van der Waals surface area contributed by atoms with Crippen LogP contribution in [-0.4, -0.2) is 21.7 Å². The zero-order chi connectivity index (χ0) is 11.0. The van der Waals surface area contributed by atoms with Crippen LogP contribution in [0.2, 0.25) is 0 Å². The fraction of sp³-hybridized carbons (Fsp3) is 0.417. The molecule has 0 saturated carbocycles. The van der Waals surface area contributed by atoms with Crippen LogP contribution in [0, 0.1) is 0 Å². The molecule has 1 aromatic heterocycles. The SMILES string of the molecule is Brn1c(C2CCNCC2)nc2ccccc21. The van der Waals surface area contributed by atoms with Crippen molar-refractivity contribution < 1.29 is 0 Å². The molecular formula is C12H14BrN3. The minimum Gasteiger partial charge on any atom is -0.317 e. The maximum absolute atomic E-state index is 4.72. The molecule has 1 saturated heterocycles. The monoisotopic (exact) mass is 279 g/mol. The Morgan fingerprint density at radius 1 is 1.25 bits per heavy atom. The van der Waals surface area contributed by atoms with Crippen LogP contribution in [0.25, 0.3) is 11.0 Å². The summed E-state index contributed by atoms with van der Waals surface area (Å²) in [6.07, 6.45) is 2.35. The molecule has 84 valence electrons. The summed E-state index contributed by atoms with van der Waals surface area (Å²) in [7, 11) is 0. The highest BCUT2D eigenvalue weighted by Gasteiger charge is 2.21. The number of hydrogen-bond donors (Lipinski definition) is 1. The van der Waals surface area contributed by atoms with E-state index in [-0.39, 0.29) is 0 Å². The van der Waals surface area contributed by atoms with E-state index in [4.69, 9.17) is 4.98 Å². The van der Waals surface area contributed by atoms with Gasteiger partial charge in [-0.2, -0.15) is 0 Å². The van der Waals surface area contributed by atoms with Crippen molar-refractivity contribution in [3.63, 3.8) is 0 Å². The van der Waals surface area contributed by atoms with E-state index in [0.29, 0.717) is 5.92 Å². The van der Waals surface area contributed by atoms with Gasteiger partial charge in [0.1, 0.15) is 5.82 Å². The molecule has 1 N–H and O–H groups in total. The Bertz CT molecular complexity index is 500. The molecule has 3 rings (SSSR count). The second kappa shape index (κ2) is 4.18. The first-order chi connectivity index (χ1) is 7.86. The number of aromatic nitrogens is 2. The lowest BCUT2D eigenvalue weighted by atomic mass is 9.98. The van der Waals surface area contributed by atoms with Gasteiger partial charge in [-0.25, -0.2) is 4.98 Å². The zero-order valence-electron chi connectivity index (χ0n) is 8.99. The van der Waals surface area contributed by atoms with Crippen LogP contribution in [0.4, 0.5) is 0 Å². The van der Waals surface area contributed by atoms with Crippen LogP contribution in [0.1, 0.15) is 24.6 Å². The number of para-hydroxylation sites is 2. The van der Waals surface area contributed by atoms with Crippen LogP contribution in [0.3, 0.4) is 0 Å². The van der Waals surface area contributed by atoms with E-state index in [2.05, 4.69) is 37.2 Å². The molecule has 1 aliphatic heterocycles. The van der Waals surface area contributed by atoms with Crippen molar-refractivity contribution in [2.75, 3.05) is 13.1 Å². The summed E-state index contributed by atoms with van der Waals surface area (Å²) in [6, 6.07) is 8.25. The second-order valence-electron chi connectivity index (χ2n) is 4.26. The standard InChI is InChI=1S/C12H14BrN3/c13-16-11-4-2-1-3-10(11)15-12(16)9-5-7-14-8-6-9/h1-4,9,14H,5-8H2. The molecule has 1 aromatic carbocycles. The van der Waals surface area contributed by atoms with E-state index in [1.165, 1.54) is 18.7 Å². The quantitative estimate of drug-likeness (QED) is 0.870. The lowest BCUT2D eigenvalue weighted by Gasteiger charge is -2.21. The molecule has 0 atom stereocenters. The third-order valence-electron chi connectivity index (χ3n) is 3.23. The van der Waals surface area contributed by atoms with Crippen molar-refractivity contribution in [1.29, 1.82) is 0 Å². The molecule has 4 heteroatoms. The third kappa shape index (κ3) is 1.66. The van der Waals surface area contributed by atoms with E-state index in [1.807, 2.05) is 12.1 Å². The Balaban J connectivity index is 2.05. The number of halogens is 1. The van der Waals surface area contributed by atoms with Crippen molar-refractivity contribution >= 4 is 27.2 Å². The van der Waals surface area contributed by atoms with E-state index in [9.17, 15) is 0 Å². The van der Waals surface area contributed by atoms with E-state index in [1.54, 1.807) is 0 Å². The summed E-state index contributed by atoms with van der Waals surface area (Å²) in [4.78, 5) is 4.72. The first kappa shape index (κ1) is 10.3. The zero-order valence-corrected chi connectivity index (χ0v) is 10.6. The molecule has 2 aromatic rings. The number of hydrogen-bond acceptors (Lipinski definition) is 2. The first-order valence-electron chi connectivity index (χ1n) is 5.70. The number of rotatable bonds is 1. The number of imidazole rings is 1. The molecule has 0 radical (unpaired) electrons. The molecule has 3 nitrogen and oxygen atoms in total. The molecular weight excluding hydrogens is 266 g/mol. The highest BCUT2D eigenvalue weighted by molar-refractivity contribution is 9.08. The lowest BCUT2D eigenvalue weighted by Crippen LogP contribution is -2.27. The molecule has 2 heterocycles. The van der Waals surface area contributed by atoms with Crippen LogP contribution < -0.4 is 5.32 Å². The van der Waals surface area contributed by atoms with E-state index in [0.717, 1.165) is 24.1 Å². The van der Waals surface area contributed by atoms with Gasteiger partial charge in [0.05, 0.1) is 27.2 Å². The normalized spacial score (nSPS) is 18.1. The lowest BCUT2D eigenvalue weighted by molar-refractivity contribution is 0.446. The number of nitrogens with one attached hydrogen (secondary N) is 1. The predicted octanol–water partition coefficient (Wildman–Crippen LogP) is 2.66. The summed E-state index contributed by atoms with van der Waals surface area (Å²) >= 11 is 3.62. The predicted molar refractivity (Wildman–Crippen MR) is 68.9 cm³/mol. The van der Waals surface area contributed by atoms with Gasteiger partial charge in [-0.1, -0.05) is 12.1 Å². The van der Waals surface area contributed by atoms with Gasteiger partial charge in [0, 0.05) is 5.92 Å². The minimum absolute atomic E-state index is 0.577. The second-order valence-corrected chi connectivity index (χ2v) is 4.97. The molecule has 0 bridgehead atoms. The van der Waals surface area contributed by atoms with Crippen LogP contribution >= 0.6 is 16.1 Å². The highest BCUT2D eigenvalue weighted by atomic mass is 79.9. The summed E-state index contributed by atoms with van der Waals surface area (Å²) < 4.78 is 2.07. The van der Waals surface area contributed by atoms with Gasteiger partial charge < -0.3 is 5.32 Å². The summed E-state index contributed by atoms with van der Waals surface area (Å²) in [6.45, 7) is 2.20. The number of nitrogens with zero attached hydrogens (tertiary/aromatic N) is 2.